The van der Waals surface area contributed by atoms with E-state index in [1.807, 2.05) is 51.1 Å². The number of rotatable bonds is 7. The Hall–Kier alpha value is -2.68. The molecule has 2 saturated heterocycles. The third-order valence-electron chi connectivity index (χ3n) is 8.66. The number of amides is 3. The molecule has 4 heterocycles. The Morgan fingerprint density at radius 3 is 2.55 bits per heavy atom. The van der Waals surface area contributed by atoms with E-state index in [-0.39, 0.29) is 36.8 Å². The first-order chi connectivity index (χ1) is 18.3. The first-order valence-electron chi connectivity index (χ1n) is 13.6. The van der Waals surface area contributed by atoms with Crippen LogP contribution in [0.2, 0.25) is 5.02 Å². The maximum atomic E-state index is 14.5. The normalized spacial score (nSPS) is 32.1. The highest BCUT2D eigenvalue weighted by Gasteiger charge is 2.72. The Morgan fingerprint density at radius 2 is 1.87 bits per heavy atom. The van der Waals surface area contributed by atoms with Gasteiger partial charge in [0.05, 0.1) is 41.3 Å². The number of hydrogen-bond donors (Lipinski definition) is 1. The van der Waals surface area contributed by atoms with Gasteiger partial charge in [-0.25, -0.2) is 0 Å². The molecule has 0 radical (unpaired) electrons. The third kappa shape index (κ3) is 4.00. The maximum absolute atomic E-state index is 14.5. The van der Waals surface area contributed by atoms with Gasteiger partial charge in [-0.1, -0.05) is 75.2 Å². The molecule has 0 bridgehead atoms. The van der Waals surface area contributed by atoms with Crippen molar-refractivity contribution in [2.75, 3.05) is 31.1 Å². The molecular formula is C29H36ClN3O5. The van der Waals surface area contributed by atoms with Crippen molar-refractivity contribution in [2.45, 2.75) is 57.4 Å². The molecule has 4 aliphatic rings. The molecule has 1 N–H and O–H groups in total. The van der Waals surface area contributed by atoms with E-state index in [1.54, 1.807) is 28.0 Å². The van der Waals surface area contributed by atoms with Crippen LogP contribution < -0.4 is 4.90 Å². The number of ether oxygens (including phenoxy) is 1. The molecule has 9 heteroatoms. The number of benzene rings is 1. The molecule has 3 amide bonds. The van der Waals surface area contributed by atoms with Crippen LogP contribution >= 0.6 is 11.6 Å². The number of carbonyl (C=O) groups excluding carboxylic acids is 3. The smallest absolute Gasteiger partial charge is 0.253 e. The fourth-order valence-corrected chi connectivity index (χ4v) is 6.90. The molecule has 0 aliphatic carbocycles. The lowest BCUT2D eigenvalue weighted by Crippen LogP contribution is -2.59. The zero-order valence-electron chi connectivity index (χ0n) is 22.1. The average molecular weight is 542 g/mol. The van der Waals surface area contributed by atoms with Crippen molar-refractivity contribution in [3.63, 3.8) is 0 Å². The molecule has 1 unspecified atom stereocenters. The number of aliphatic hydroxyl groups excluding tert-OH is 1. The minimum Gasteiger partial charge on any atom is -0.394 e. The second-order valence-electron chi connectivity index (χ2n) is 10.7. The van der Waals surface area contributed by atoms with Crippen LogP contribution in [0.1, 0.15) is 33.6 Å². The number of hydrogen-bond acceptors (Lipinski definition) is 5. The summed E-state index contributed by atoms with van der Waals surface area (Å²) in [5.41, 5.74) is -0.798. The van der Waals surface area contributed by atoms with Crippen LogP contribution in [-0.4, -0.2) is 82.7 Å². The summed E-state index contributed by atoms with van der Waals surface area (Å²) in [7, 11) is 0. The van der Waals surface area contributed by atoms with Crippen molar-refractivity contribution in [1.82, 2.24) is 9.80 Å². The van der Waals surface area contributed by atoms with Crippen LogP contribution in [-0.2, 0) is 19.1 Å². The summed E-state index contributed by atoms with van der Waals surface area (Å²) in [6.45, 7) is 6.95. The van der Waals surface area contributed by atoms with Gasteiger partial charge in [-0.2, -0.15) is 0 Å². The number of carbonyl (C=O) groups is 3. The first-order valence-corrected chi connectivity index (χ1v) is 14.0. The van der Waals surface area contributed by atoms with E-state index < -0.39 is 35.6 Å². The summed E-state index contributed by atoms with van der Waals surface area (Å²) in [5.74, 6) is -2.49. The molecule has 0 saturated carbocycles. The Kier molecular flexibility index (Phi) is 7.42. The van der Waals surface area contributed by atoms with Crippen LogP contribution in [0.3, 0.4) is 0 Å². The zero-order chi connectivity index (χ0) is 27.2. The Labute approximate surface area is 228 Å². The molecule has 0 aromatic heterocycles. The quantitative estimate of drug-likeness (QED) is 0.536. The summed E-state index contributed by atoms with van der Waals surface area (Å²) in [6, 6.07) is 5.45. The van der Waals surface area contributed by atoms with E-state index >= 15 is 0 Å². The molecule has 1 spiro atoms. The lowest BCUT2D eigenvalue weighted by Gasteiger charge is -2.40. The zero-order valence-corrected chi connectivity index (χ0v) is 22.9. The van der Waals surface area contributed by atoms with Crippen LogP contribution in [0, 0.1) is 17.8 Å². The van der Waals surface area contributed by atoms with E-state index in [9.17, 15) is 19.5 Å². The fourth-order valence-electron chi connectivity index (χ4n) is 6.66. The number of fused-ring (bicyclic) bond motifs is 2. The molecule has 7 atom stereocenters. The monoisotopic (exact) mass is 541 g/mol. The predicted octanol–water partition coefficient (Wildman–Crippen LogP) is 3.04. The number of halogens is 1. The Morgan fingerprint density at radius 1 is 1.11 bits per heavy atom. The molecular weight excluding hydrogens is 506 g/mol. The third-order valence-corrected chi connectivity index (χ3v) is 8.98. The maximum Gasteiger partial charge on any atom is 0.253 e. The van der Waals surface area contributed by atoms with Crippen molar-refractivity contribution in [1.29, 1.82) is 0 Å². The summed E-state index contributed by atoms with van der Waals surface area (Å²) >= 11 is 6.51. The fraction of sp³-hybridized carbons (Fsp3) is 0.552. The number of nitrogens with zero attached hydrogens (tertiary/aromatic N) is 3. The standard InChI is InChI=1S/C29H36ClN3O5/c1-4-14-31-15-8-12-22-23(26(31)35)24-27(36)33(21(17-34)18(3)5-2)25-28(37)32(16-9-13-29(24,25)38-22)20-11-7-6-10-19(20)30/h6-13,18,21-25,34H,4-5,14-17H2,1-3H3/t18-,21-,22+,23-,24-,25?,29-/m0/s1. The second-order valence-corrected chi connectivity index (χ2v) is 11.1. The molecule has 8 nitrogen and oxygen atoms in total. The molecule has 2 fully saturated rings. The van der Waals surface area contributed by atoms with Gasteiger partial charge in [0.1, 0.15) is 11.6 Å². The highest BCUT2D eigenvalue weighted by Crippen LogP contribution is 2.54. The van der Waals surface area contributed by atoms with Gasteiger partial charge in [0.25, 0.3) is 5.91 Å². The van der Waals surface area contributed by atoms with Crippen molar-refractivity contribution < 1.29 is 24.2 Å². The predicted molar refractivity (Wildman–Crippen MR) is 145 cm³/mol. The van der Waals surface area contributed by atoms with Crippen molar-refractivity contribution >= 4 is 35.0 Å². The van der Waals surface area contributed by atoms with E-state index in [2.05, 4.69) is 0 Å². The molecule has 4 aliphatic heterocycles. The molecule has 38 heavy (non-hydrogen) atoms. The molecule has 1 aromatic rings. The van der Waals surface area contributed by atoms with Gasteiger partial charge in [-0.15, -0.1) is 0 Å². The van der Waals surface area contributed by atoms with Gasteiger partial charge in [0.15, 0.2) is 0 Å². The van der Waals surface area contributed by atoms with E-state index in [0.717, 1.165) is 6.42 Å². The largest absolute Gasteiger partial charge is 0.394 e. The van der Waals surface area contributed by atoms with Gasteiger partial charge in [-0.3, -0.25) is 14.4 Å². The molecule has 1 aromatic carbocycles. The van der Waals surface area contributed by atoms with Crippen LogP contribution in [0.15, 0.2) is 48.6 Å². The highest BCUT2D eigenvalue weighted by molar-refractivity contribution is 6.34. The topological polar surface area (TPSA) is 90.4 Å². The summed E-state index contributed by atoms with van der Waals surface area (Å²) in [4.78, 5) is 47.6. The SMILES string of the molecule is CCCN1CC=C[C@H]2O[C@]34C=CCN(c5ccccc5Cl)C(=O)C3N([C@@H](CO)[C@@H](C)CC)C(=O)[C@@H]4[C@H]2C1=O. The van der Waals surface area contributed by atoms with Crippen molar-refractivity contribution in [2.24, 2.45) is 17.8 Å². The van der Waals surface area contributed by atoms with Crippen LogP contribution in [0.5, 0.6) is 0 Å². The number of likely N-dealkylation sites (tertiary alicyclic amines) is 1. The van der Waals surface area contributed by atoms with E-state index in [1.165, 1.54) is 4.90 Å². The lowest BCUT2D eigenvalue weighted by molar-refractivity contribution is -0.148. The number of aliphatic hydroxyl groups is 1. The summed E-state index contributed by atoms with van der Waals surface area (Å²) < 4.78 is 6.69. The van der Waals surface area contributed by atoms with Crippen molar-refractivity contribution in [3.8, 4) is 0 Å². The lowest BCUT2D eigenvalue weighted by atomic mass is 9.77. The highest BCUT2D eigenvalue weighted by atomic mass is 35.5. The van der Waals surface area contributed by atoms with Crippen LogP contribution in [0.25, 0.3) is 0 Å². The number of para-hydroxylation sites is 1. The van der Waals surface area contributed by atoms with E-state index in [4.69, 9.17) is 16.3 Å². The minimum absolute atomic E-state index is 0.0780. The molecule has 204 valence electrons. The van der Waals surface area contributed by atoms with E-state index in [0.29, 0.717) is 30.2 Å². The Bertz CT molecular complexity index is 1170. The average Bonchev–Trinajstić information content (AvgIpc) is 3.23. The van der Waals surface area contributed by atoms with Gasteiger partial charge in [-0.05, 0) is 24.5 Å². The van der Waals surface area contributed by atoms with Gasteiger partial charge in [0, 0.05) is 19.6 Å². The van der Waals surface area contributed by atoms with Gasteiger partial charge in [0.2, 0.25) is 11.8 Å². The second kappa shape index (κ2) is 10.5. The van der Waals surface area contributed by atoms with Gasteiger partial charge >= 0.3 is 0 Å². The first kappa shape index (κ1) is 26.9. The minimum atomic E-state index is -1.34. The van der Waals surface area contributed by atoms with Gasteiger partial charge < -0.3 is 24.5 Å². The molecule has 5 rings (SSSR count). The summed E-state index contributed by atoms with van der Waals surface area (Å²) in [6.07, 6.45) is 8.32. The Balaban J connectivity index is 1.66. The van der Waals surface area contributed by atoms with Crippen molar-refractivity contribution in [3.05, 3.63) is 53.6 Å². The summed E-state index contributed by atoms with van der Waals surface area (Å²) in [5, 5.41) is 10.9. The van der Waals surface area contributed by atoms with Crippen LogP contribution in [0.4, 0.5) is 5.69 Å². The number of anilines is 1.